The van der Waals surface area contributed by atoms with E-state index in [0.717, 1.165) is 26.0 Å². The fourth-order valence-corrected chi connectivity index (χ4v) is 1.84. The lowest BCUT2D eigenvalue weighted by Crippen LogP contribution is -2.44. The molecular weight excluding hydrogens is 222 g/mol. The van der Waals surface area contributed by atoms with Gasteiger partial charge in [-0.3, -0.25) is 15.0 Å². The summed E-state index contributed by atoms with van der Waals surface area (Å²) in [6.07, 6.45) is 3.56. The smallest absolute Gasteiger partial charge is 0.321 e. The molecule has 1 atom stereocenters. The number of hydrogen-bond acceptors (Lipinski definition) is 4. The highest BCUT2D eigenvalue weighted by Crippen LogP contribution is 2.13. The van der Waals surface area contributed by atoms with Gasteiger partial charge in [-0.15, -0.1) is 0 Å². The van der Waals surface area contributed by atoms with Crippen LogP contribution in [0.3, 0.4) is 0 Å². The van der Waals surface area contributed by atoms with Crippen molar-refractivity contribution in [2.45, 2.75) is 25.4 Å². The number of urea groups is 1. The summed E-state index contributed by atoms with van der Waals surface area (Å²) in [5.41, 5.74) is 0. The molecule has 98 valence electrons. The topological polar surface area (TPSA) is 70.7 Å². The largest absolute Gasteiger partial charge is 0.377 e. The lowest BCUT2D eigenvalue weighted by molar-refractivity contribution is -0.121. The lowest BCUT2D eigenvalue weighted by Gasteiger charge is -2.26. The number of likely N-dealkylation sites (N-methyl/N-ethyl adjacent to an activating group) is 1. The molecule has 1 heterocycles. The molecular formula is C11H21N3O3. The summed E-state index contributed by atoms with van der Waals surface area (Å²) < 4.78 is 5.58. The number of carbonyl (C=O) groups is 2. The van der Waals surface area contributed by atoms with Gasteiger partial charge in [0.2, 0.25) is 5.91 Å². The van der Waals surface area contributed by atoms with E-state index in [1.807, 2.05) is 11.9 Å². The van der Waals surface area contributed by atoms with Crippen molar-refractivity contribution in [3.05, 3.63) is 0 Å². The number of imide groups is 1. The van der Waals surface area contributed by atoms with Crippen LogP contribution in [0.25, 0.3) is 0 Å². The third kappa shape index (κ3) is 5.65. The molecule has 0 aromatic heterocycles. The number of ether oxygens (including phenoxy) is 1. The predicted molar refractivity (Wildman–Crippen MR) is 63.7 cm³/mol. The second-order valence-electron chi connectivity index (χ2n) is 4.31. The van der Waals surface area contributed by atoms with Gasteiger partial charge in [0, 0.05) is 20.2 Å². The van der Waals surface area contributed by atoms with Gasteiger partial charge >= 0.3 is 6.03 Å². The number of nitrogens with one attached hydrogen (secondary N) is 2. The van der Waals surface area contributed by atoms with Crippen molar-refractivity contribution in [1.82, 2.24) is 15.5 Å². The number of carbonyl (C=O) groups excluding carboxylic acids is 2. The van der Waals surface area contributed by atoms with Gasteiger partial charge in [0.25, 0.3) is 0 Å². The minimum absolute atomic E-state index is 0.202. The molecule has 3 amide bonds. The van der Waals surface area contributed by atoms with Crippen molar-refractivity contribution in [2.24, 2.45) is 0 Å². The van der Waals surface area contributed by atoms with Gasteiger partial charge in [-0.25, -0.2) is 4.79 Å². The van der Waals surface area contributed by atoms with Crippen LogP contribution in [0.15, 0.2) is 0 Å². The van der Waals surface area contributed by atoms with E-state index in [9.17, 15) is 9.59 Å². The Balaban J connectivity index is 2.21. The average molecular weight is 243 g/mol. The van der Waals surface area contributed by atoms with Crippen molar-refractivity contribution < 1.29 is 14.3 Å². The highest BCUT2D eigenvalue weighted by atomic mass is 16.5. The number of hydrogen-bond donors (Lipinski definition) is 2. The molecule has 0 radical (unpaired) electrons. The number of amides is 3. The number of nitrogens with zero attached hydrogens (tertiary/aromatic N) is 1. The molecule has 17 heavy (non-hydrogen) atoms. The molecule has 1 rings (SSSR count). The van der Waals surface area contributed by atoms with E-state index < -0.39 is 6.03 Å². The Bertz CT molecular complexity index is 265. The molecule has 0 spiro atoms. The van der Waals surface area contributed by atoms with Gasteiger partial charge in [0.15, 0.2) is 0 Å². The molecule has 1 aliphatic rings. The zero-order valence-corrected chi connectivity index (χ0v) is 10.5. The Morgan fingerprint density at radius 1 is 1.41 bits per heavy atom. The summed E-state index contributed by atoms with van der Waals surface area (Å²) in [5.74, 6) is -0.303. The van der Waals surface area contributed by atoms with E-state index in [-0.39, 0.29) is 18.6 Å². The SMILES string of the molecule is CNC(=O)NC(=O)CN(C)CC1CCCCO1. The molecule has 0 saturated carbocycles. The van der Waals surface area contributed by atoms with Gasteiger partial charge in [0.1, 0.15) is 0 Å². The summed E-state index contributed by atoms with van der Waals surface area (Å²) in [6.45, 7) is 1.73. The summed E-state index contributed by atoms with van der Waals surface area (Å²) >= 11 is 0. The molecule has 6 heteroatoms. The maximum Gasteiger partial charge on any atom is 0.321 e. The zero-order chi connectivity index (χ0) is 12.7. The first-order valence-corrected chi connectivity index (χ1v) is 5.93. The average Bonchev–Trinajstić information content (AvgIpc) is 2.29. The first kappa shape index (κ1) is 13.9. The first-order valence-electron chi connectivity index (χ1n) is 5.93. The fraction of sp³-hybridized carbons (Fsp3) is 0.818. The molecule has 1 saturated heterocycles. The summed E-state index contributed by atoms with van der Waals surface area (Å²) in [7, 11) is 3.32. The minimum atomic E-state index is -0.475. The normalized spacial score (nSPS) is 20.1. The number of rotatable bonds is 4. The summed E-state index contributed by atoms with van der Waals surface area (Å²) in [4.78, 5) is 24.2. The van der Waals surface area contributed by atoms with Gasteiger partial charge in [-0.05, 0) is 26.3 Å². The van der Waals surface area contributed by atoms with Crippen LogP contribution >= 0.6 is 0 Å². The van der Waals surface area contributed by atoms with Crippen molar-refractivity contribution in [3.63, 3.8) is 0 Å². The van der Waals surface area contributed by atoms with Gasteiger partial charge < -0.3 is 10.1 Å². The predicted octanol–water partition coefficient (Wildman–Crippen LogP) is -0.0571. The van der Waals surface area contributed by atoms with E-state index >= 15 is 0 Å². The second kappa shape index (κ2) is 7.24. The second-order valence-corrected chi connectivity index (χ2v) is 4.31. The minimum Gasteiger partial charge on any atom is -0.377 e. The third-order valence-corrected chi connectivity index (χ3v) is 2.68. The van der Waals surface area contributed by atoms with Crippen LogP contribution in [0.4, 0.5) is 4.79 Å². The summed E-state index contributed by atoms with van der Waals surface area (Å²) in [6, 6.07) is -0.475. The Morgan fingerprint density at radius 2 is 2.18 bits per heavy atom. The van der Waals surface area contributed by atoms with Gasteiger partial charge in [-0.2, -0.15) is 0 Å². The molecule has 1 fully saturated rings. The maximum absolute atomic E-state index is 11.4. The first-order chi connectivity index (χ1) is 8.11. The molecule has 2 N–H and O–H groups in total. The van der Waals surface area contributed by atoms with Crippen LogP contribution in [0.5, 0.6) is 0 Å². The third-order valence-electron chi connectivity index (χ3n) is 2.68. The summed E-state index contributed by atoms with van der Waals surface area (Å²) in [5, 5.41) is 4.56. The van der Waals surface area contributed by atoms with E-state index in [0.29, 0.717) is 0 Å². The van der Waals surface area contributed by atoms with Crippen molar-refractivity contribution >= 4 is 11.9 Å². The van der Waals surface area contributed by atoms with E-state index in [4.69, 9.17) is 4.74 Å². The van der Waals surface area contributed by atoms with Gasteiger partial charge in [-0.1, -0.05) is 0 Å². The van der Waals surface area contributed by atoms with Crippen LogP contribution in [0.2, 0.25) is 0 Å². The monoisotopic (exact) mass is 243 g/mol. The Morgan fingerprint density at radius 3 is 2.76 bits per heavy atom. The molecule has 0 bridgehead atoms. The van der Waals surface area contributed by atoms with E-state index in [1.54, 1.807) is 0 Å². The molecule has 0 aromatic carbocycles. The Hall–Kier alpha value is -1.14. The van der Waals surface area contributed by atoms with Gasteiger partial charge in [0.05, 0.1) is 12.6 Å². The molecule has 0 aliphatic carbocycles. The zero-order valence-electron chi connectivity index (χ0n) is 10.5. The van der Waals surface area contributed by atoms with E-state index in [1.165, 1.54) is 13.5 Å². The lowest BCUT2D eigenvalue weighted by atomic mass is 10.1. The van der Waals surface area contributed by atoms with Crippen LogP contribution in [-0.4, -0.2) is 56.7 Å². The molecule has 1 aliphatic heterocycles. The highest BCUT2D eigenvalue weighted by molar-refractivity contribution is 5.95. The van der Waals surface area contributed by atoms with Crippen molar-refractivity contribution in [1.29, 1.82) is 0 Å². The van der Waals surface area contributed by atoms with Crippen molar-refractivity contribution in [3.8, 4) is 0 Å². The Kier molecular flexibility index (Phi) is 5.93. The standard InChI is InChI=1S/C11H21N3O3/c1-12-11(16)13-10(15)8-14(2)7-9-5-3-4-6-17-9/h9H,3-8H2,1-2H3,(H2,12,13,15,16). The van der Waals surface area contributed by atoms with Crippen molar-refractivity contribution in [2.75, 3.05) is 33.8 Å². The Labute approximate surface area is 102 Å². The van der Waals surface area contributed by atoms with E-state index in [2.05, 4.69) is 10.6 Å². The van der Waals surface area contributed by atoms with Crippen LogP contribution < -0.4 is 10.6 Å². The van der Waals surface area contributed by atoms with Crippen LogP contribution in [0.1, 0.15) is 19.3 Å². The molecule has 6 nitrogen and oxygen atoms in total. The highest BCUT2D eigenvalue weighted by Gasteiger charge is 2.17. The fourth-order valence-electron chi connectivity index (χ4n) is 1.84. The molecule has 0 aromatic rings. The molecule has 1 unspecified atom stereocenters. The maximum atomic E-state index is 11.4. The van der Waals surface area contributed by atoms with Crippen LogP contribution in [-0.2, 0) is 9.53 Å². The quantitative estimate of drug-likeness (QED) is 0.726. The van der Waals surface area contributed by atoms with Crippen LogP contribution in [0, 0.1) is 0 Å².